The van der Waals surface area contributed by atoms with E-state index in [2.05, 4.69) is 5.32 Å². The first-order chi connectivity index (χ1) is 15.3. The molecule has 1 atom stereocenters. The maximum absolute atomic E-state index is 12.4. The number of ether oxygens (including phenoxy) is 2. The summed E-state index contributed by atoms with van der Waals surface area (Å²) < 4.78 is 10.5. The van der Waals surface area contributed by atoms with Crippen molar-refractivity contribution in [2.75, 3.05) is 42.6 Å². The van der Waals surface area contributed by atoms with Crippen molar-refractivity contribution in [1.82, 2.24) is 5.32 Å². The molecule has 168 valence electrons. The van der Waals surface area contributed by atoms with Crippen LogP contribution in [0.25, 0.3) is 0 Å². The first-order valence-corrected chi connectivity index (χ1v) is 11.0. The van der Waals surface area contributed by atoms with Crippen LogP contribution in [-0.2, 0) is 19.1 Å². The number of carbonyl (C=O) groups is 3. The van der Waals surface area contributed by atoms with Crippen LogP contribution >= 0.6 is 35.4 Å². The van der Waals surface area contributed by atoms with Gasteiger partial charge in [0.2, 0.25) is 0 Å². The lowest BCUT2D eigenvalue weighted by molar-refractivity contribution is -0.125. The number of morpholine rings is 1. The molecule has 1 unspecified atom stereocenters. The average Bonchev–Trinajstić information content (AvgIpc) is 3.15. The second kappa shape index (κ2) is 9.58. The number of hydrogen-bond acceptors (Lipinski definition) is 6. The van der Waals surface area contributed by atoms with Crippen LogP contribution in [0.4, 0.5) is 16.2 Å². The van der Waals surface area contributed by atoms with Gasteiger partial charge in [0, 0.05) is 28.5 Å². The molecule has 0 spiro atoms. The Balaban J connectivity index is 1.39. The van der Waals surface area contributed by atoms with E-state index in [4.69, 9.17) is 44.9 Å². The van der Waals surface area contributed by atoms with Crippen LogP contribution in [0, 0.1) is 0 Å². The number of carbonyl (C=O) groups excluding carboxylic acids is 3. The Morgan fingerprint density at radius 2 is 2.06 bits per heavy atom. The van der Waals surface area contributed by atoms with E-state index in [9.17, 15) is 14.4 Å². The summed E-state index contributed by atoms with van der Waals surface area (Å²) in [7, 11) is 0. The molecule has 8 nitrogen and oxygen atoms in total. The lowest BCUT2D eigenvalue weighted by atomic mass is 10.0. The molecule has 4 rings (SSSR count). The number of nitrogens with one attached hydrogen (secondary N) is 1. The number of rotatable bonds is 5. The number of anilines is 2. The minimum absolute atomic E-state index is 0.00799. The maximum Gasteiger partial charge on any atom is 0.414 e. The number of amides is 3. The number of halogens is 2. The van der Waals surface area contributed by atoms with Crippen LogP contribution in [0.5, 0.6) is 0 Å². The molecule has 1 aromatic carbocycles. The highest BCUT2D eigenvalue weighted by molar-refractivity contribution is 7.81. The van der Waals surface area contributed by atoms with E-state index in [1.54, 1.807) is 29.2 Å². The summed E-state index contributed by atoms with van der Waals surface area (Å²) in [6.07, 6.45) is 2.61. The molecule has 1 aliphatic carbocycles. The predicted octanol–water partition coefficient (Wildman–Crippen LogP) is 2.97. The van der Waals surface area contributed by atoms with E-state index in [-0.39, 0.29) is 31.5 Å². The molecule has 2 saturated heterocycles. The van der Waals surface area contributed by atoms with Gasteiger partial charge in [0.15, 0.2) is 0 Å². The second-order valence-corrected chi connectivity index (χ2v) is 8.67. The summed E-state index contributed by atoms with van der Waals surface area (Å²) in [4.78, 5) is 40.4. The Kier molecular flexibility index (Phi) is 6.80. The van der Waals surface area contributed by atoms with Gasteiger partial charge in [-0.2, -0.15) is 0 Å². The van der Waals surface area contributed by atoms with E-state index >= 15 is 0 Å². The molecule has 0 bridgehead atoms. The molecule has 0 radical (unpaired) electrons. The Morgan fingerprint density at radius 3 is 2.81 bits per heavy atom. The van der Waals surface area contributed by atoms with E-state index < -0.39 is 12.2 Å². The fourth-order valence-corrected chi connectivity index (χ4v) is 4.26. The fraction of sp³-hybridized carbons (Fsp3) is 0.333. The molecule has 0 saturated carbocycles. The standard InChI is InChI=1S/C21H19Cl2N3O5S/c22-12-1-4-18(32)15(7-12)20(28)24-9-14-10-26(21(29)31-14)13-2-3-17(16(23)8-13)25-5-6-30-11-19(25)27/h1-3,7-8,14H,4-6,9-11H2,(H,24,28). The first kappa shape index (κ1) is 22.7. The Hall–Kier alpha value is -2.46. The smallest absolute Gasteiger partial charge is 0.414 e. The van der Waals surface area contributed by atoms with Gasteiger partial charge in [0.1, 0.15) is 12.7 Å². The van der Waals surface area contributed by atoms with Gasteiger partial charge in [-0.3, -0.25) is 14.5 Å². The monoisotopic (exact) mass is 495 g/mol. The van der Waals surface area contributed by atoms with Crippen LogP contribution in [0.15, 0.2) is 41.0 Å². The summed E-state index contributed by atoms with van der Waals surface area (Å²) >= 11 is 17.6. The average molecular weight is 496 g/mol. The zero-order valence-electron chi connectivity index (χ0n) is 16.8. The van der Waals surface area contributed by atoms with Crippen LogP contribution < -0.4 is 15.1 Å². The highest BCUT2D eigenvalue weighted by Crippen LogP contribution is 2.33. The van der Waals surface area contributed by atoms with Crippen LogP contribution in [0.3, 0.4) is 0 Å². The summed E-state index contributed by atoms with van der Waals surface area (Å²) in [5.41, 5.74) is 1.43. The second-order valence-electron chi connectivity index (χ2n) is 7.33. The number of nitrogens with zero attached hydrogens (tertiary/aromatic N) is 2. The Morgan fingerprint density at radius 1 is 1.25 bits per heavy atom. The van der Waals surface area contributed by atoms with E-state index in [0.717, 1.165) is 0 Å². The number of hydrogen-bond donors (Lipinski definition) is 1. The minimum atomic E-state index is -0.547. The van der Waals surface area contributed by atoms with Gasteiger partial charge in [-0.1, -0.05) is 41.5 Å². The van der Waals surface area contributed by atoms with Crippen LogP contribution in [0.1, 0.15) is 6.42 Å². The number of allylic oxidation sites excluding steroid dienone is 3. The minimum Gasteiger partial charge on any atom is -0.442 e. The topological polar surface area (TPSA) is 88.2 Å². The zero-order chi connectivity index (χ0) is 22.8. The highest BCUT2D eigenvalue weighted by Gasteiger charge is 2.33. The number of benzene rings is 1. The van der Waals surface area contributed by atoms with Gasteiger partial charge in [0.05, 0.1) is 36.0 Å². The quantitative estimate of drug-likeness (QED) is 0.631. The van der Waals surface area contributed by atoms with Crippen molar-refractivity contribution in [2.24, 2.45) is 0 Å². The third-order valence-electron chi connectivity index (χ3n) is 5.19. The van der Waals surface area contributed by atoms with E-state index in [1.807, 2.05) is 0 Å². The molecule has 2 fully saturated rings. The fourth-order valence-electron chi connectivity index (χ4n) is 3.57. The maximum atomic E-state index is 12.4. The SMILES string of the molecule is O=C(NCC1CN(c2ccc(N3CCOCC3=O)c(Cl)c2)C(=O)O1)C1=CC(Cl)=CCC1=S. The third-order valence-corrected chi connectivity index (χ3v) is 6.15. The predicted molar refractivity (Wildman–Crippen MR) is 124 cm³/mol. The van der Waals surface area contributed by atoms with Gasteiger partial charge in [0.25, 0.3) is 11.8 Å². The summed E-state index contributed by atoms with van der Waals surface area (Å²) in [6, 6.07) is 5.00. The Labute approximate surface area is 199 Å². The molecule has 32 heavy (non-hydrogen) atoms. The van der Waals surface area contributed by atoms with Crippen molar-refractivity contribution in [2.45, 2.75) is 12.5 Å². The van der Waals surface area contributed by atoms with Crippen LogP contribution in [-0.4, -0.2) is 61.7 Å². The van der Waals surface area contributed by atoms with Gasteiger partial charge in [-0.15, -0.1) is 0 Å². The largest absolute Gasteiger partial charge is 0.442 e. The number of cyclic esters (lactones) is 1. The molecule has 0 aromatic heterocycles. The summed E-state index contributed by atoms with van der Waals surface area (Å²) in [6.45, 7) is 1.20. The Bertz CT molecular complexity index is 1060. The molecular weight excluding hydrogens is 477 g/mol. The lowest BCUT2D eigenvalue weighted by Crippen LogP contribution is -2.41. The van der Waals surface area contributed by atoms with Crippen LogP contribution in [0.2, 0.25) is 5.02 Å². The molecule has 2 aliphatic heterocycles. The highest BCUT2D eigenvalue weighted by atomic mass is 35.5. The first-order valence-electron chi connectivity index (χ1n) is 9.88. The molecule has 3 aliphatic rings. The molecule has 3 amide bonds. The van der Waals surface area contributed by atoms with E-state index in [0.29, 0.717) is 51.4 Å². The summed E-state index contributed by atoms with van der Waals surface area (Å²) in [5, 5.41) is 3.54. The van der Waals surface area contributed by atoms with Gasteiger partial charge < -0.3 is 19.7 Å². The third kappa shape index (κ3) is 4.80. The lowest BCUT2D eigenvalue weighted by Gasteiger charge is -2.28. The molecule has 1 aromatic rings. The molecular formula is C21H19Cl2N3O5S. The molecule has 2 heterocycles. The number of thiocarbonyl (C=S) groups is 1. The van der Waals surface area contributed by atoms with Gasteiger partial charge in [-0.25, -0.2) is 4.79 Å². The van der Waals surface area contributed by atoms with E-state index in [1.165, 1.54) is 11.0 Å². The normalized spacial score (nSPS) is 21.3. The molecule has 11 heteroatoms. The van der Waals surface area contributed by atoms with Crippen molar-refractivity contribution >= 4 is 69.6 Å². The van der Waals surface area contributed by atoms with Crippen molar-refractivity contribution in [3.63, 3.8) is 0 Å². The zero-order valence-corrected chi connectivity index (χ0v) is 19.1. The van der Waals surface area contributed by atoms with Crippen molar-refractivity contribution in [1.29, 1.82) is 0 Å². The van der Waals surface area contributed by atoms with Gasteiger partial charge >= 0.3 is 6.09 Å². The summed E-state index contributed by atoms with van der Waals surface area (Å²) in [5.74, 6) is -0.537. The van der Waals surface area contributed by atoms with Crippen molar-refractivity contribution in [3.8, 4) is 0 Å². The van der Waals surface area contributed by atoms with Gasteiger partial charge in [-0.05, 0) is 24.3 Å². The van der Waals surface area contributed by atoms with Crippen molar-refractivity contribution in [3.05, 3.63) is 46.0 Å². The molecule has 1 N–H and O–H groups in total. The van der Waals surface area contributed by atoms with Crippen molar-refractivity contribution < 1.29 is 23.9 Å².